The van der Waals surface area contributed by atoms with Gasteiger partial charge in [-0.25, -0.2) is 4.79 Å². The number of nitro benzene ring substituents is 1. The van der Waals surface area contributed by atoms with E-state index in [1.54, 1.807) is 32.9 Å². The molecule has 116 valence electrons. The minimum Gasteiger partial charge on any atom is -0.472 e. The van der Waals surface area contributed by atoms with Gasteiger partial charge in [0, 0.05) is 11.6 Å². The van der Waals surface area contributed by atoms with E-state index >= 15 is 0 Å². The van der Waals surface area contributed by atoms with Gasteiger partial charge in [-0.15, -0.1) is 0 Å². The van der Waals surface area contributed by atoms with Crippen LogP contribution >= 0.6 is 0 Å². The maximum Gasteiger partial charge on any atom is 0.412 e. The fraction of sp³-hybridized carbons (Fsp3) is 0.267. The smallest absolute Gasteiger partial charge is 0.412 e. The van der Waals surface area contributed by atoms with Gasteiger partial charge in [0.1, 0.15) is 11.3 Å². The lowest BCUT2D eigenvalue weighted by molar-refractivity contribution is -0.383. The number of rotatable bonds is 3. The number of furan rings is 1. The fourth-order valence-corrected chi connectivity index (χ4v) is 1.81. The first kappa shape index (κ1) is 15.6. The van der Waals surface area contributed by atoms with Crippen molar-refractivity contribution in [3.8, 4) is 11.1 Å². The van der Waals surface area contributed by atoms with Crippen LogP contribution in [0.25, 0.3) is 11.1 Å². The van der Waals surface area contributed by atoms with E-state index in [0.717, 1.165) is 0 Å². The van der Waals surface area contributed by atoms with E-state index in [0.29, 0.717) is 11.1 Å². The Hall–Kier alpha value is -2.83. The fourth-order valence-electron chi connectivity index (χ4n) is 1.81. The van der Waals surface area contributed by atoms with Crippen molar-refractivity contribution in [1.82, 2.24) is 0 Å². The van der Waals surface area contributed by atoms with Gasteiger partial charge in [-0.05, 0) is 38.5 Å². The molecule has 1 N–H and O–H groups in total. The summed E-state index contributed by atoms with van der Waals surface area (Å²) < 4.78 is 10.1. The lowest BCUT2D eigenvalue weighted by Gasteiger charge is -2.19. The van der Waals surface area contributed by atoms with Crippen LogP contribution in [0.4, 0.5) is 16.2 Å². The van der Waals surface area contributed by atoms with E-state index in [1.807, 2.05) is 0 Å². The molecule has 1 aromatic carbocycles. The molecule has 0 atom stereocenters. The third-order valence-electron chi connectivity index (χ3n) is 2.68. The summed E-state index contributed by atoms with van der Waals surface area (Å²) in [5.41, 5.74) is 0.508. The van der Waals surface area contributed by atoms with Crippen LogP contribution in [0, 0.1) is 10.1 Å². The largest absolute Gasteiger partial charge is 0.472 e. The Kier molecular flexibility index (Phi) is 4.16. The topological polar surface area (TPSA) is 94.6 Å². The number of carbonyl (C=O) groups excluding carboxylic acids is 1. The summed E-state index contributed by atoms with van der Waals surface area (Å²) in [6.07, 6.45) is 2.22. The average molecular weight is 304 g/mol. The van der Waals surface area contributed by atoms with Crippen molar-refractivity contribution in [3.05, 3.63) is 46.9 Å². The highest BCUT2D eigenvalue weighted by molar-refractivity contribution is 5.89. The molecule has 7 heteroatoms. The van der Waals surface area contributed by atoms with Gasteiger partial charge in [0.2, 0.25) is 0 Å². The molecule has 7 nitrogen and oxygen atoms in total. The molecule has 0 saturated carbocycles. The minimum absolute atomic E-state index is 0.0755. The third kappa shape index (κ3) is 3.85. The van der Waals surface area contributed by atoms with Gasteiger partial charge in [0.15, 0.2) is 0 Å². The normalized spacial score (nSPS) is 11.0. The Balaban J connectivity index is 2.28. The molecule has 0 aliphatic rings. The first-order valence-electron chi connectivity index (χ1n) is 6.57. The lowest BCUT2D eigenvalue weighted by atomic mass is 10.1. The number of nitrogens with zero attached hydrogens (tertiary/aromatic N) is 1. The third-order valence-corrected chi connectivity index (χ3v) is 2.68. The molecule has 1 aromatic heterocycles. The van der Waals surface area contributed by atoms with Crippen LogP contribution in [0.1, 0.15) is 20.8 Å². The SMILES string of the molecule is CC(C)(C)OC(=O)Nc1ccc(-c2ccoc2)cc1[N+](=O)[O-]. The molecule has 0 fully saturated rings. The molecular formula is C15H16N2O5. The molecule has 0 spiro atoms. The Labute approximate surface area is 127 Å². The summed E-state index contributed by atoms with van der Waals surface area (Å²) in [5, 5.41) is 13.6. The standard InChI is InChI=1S/C15H16N2O5/c1-15(2,3)22-14(18)16-12-5-4-10(8-13(12)17(19)20)11-6-7-21-9-11/h4-9H,1-3H3,(H,16,18). The molecular weight excluding hydrogens is 288 g/mol. The second kappa shape index (κ2) is 5.88. The second-order valence-electron chi connectivity index (χ2n) is 5.63. The Morgan fingerprint density at radius 1 is 1.27 bits per heavy atom. The van der Waals surface area contributed by atoms with Gasteiger partial charge in [0.05, 0.1) is 17.4 Å². The number of amides is 1. The maximum absolute atomic E-state index is 11.7. The first-order valence-corrected chi connectivity index (χ1v) is 6.57. The highest BCUT2D eigenvalue weighted by Crippen LogP contribution is 2.31. The highest BCUT2D eigenvalue weighted by Gasteiger charge is 2.21. The molecule has 0 aliphatic carbocycles. The summed E-state index contributed by atoms with van der Waals surface area (Å²) in [6.45, 7) is 5.13. The van der Waals surface area contributed by atoms with Gasteiger partial charge in [-0.3, -0.25) is 15.4 Å². The van der Waals surface area contributed by atoms with Gasteiger partial charge in [0.25, 0.3) is 5.69 Å². The van der Waals surface area contributed by atoms with Crippen molar-refractivity contribution in [2.24, 2.45) is 0 Å². The number of hydrogen-bond acceptors (Lipinski definition) is 5. The van der Waals surface area contributed by atoms with E-state index in [9.17, 15) is 14.9 Å². The number of anilines is 1. The van der Waals surface area contributed by atoms with E-state index in [4.69, 9.17) is 9.15 Å². The molecule has 2 aromatic rings. The van der Waals surface area contributed by atoms with E-state index < -0.39 is 16.6 Å². The van der Waals surface area contributed by atoms with E-state index in [-0.39, 0.29) is 11.4 Å². The Bertz CT molecular complexity index is 686. The summed E-state index contributed by atoms with van der Waals surface area (Å²) in [4.78, 5) is 22.4. The number of carbonyl (C=O) groups is 1. The predicted molar refractivity (Wildman–Crippen MR) is 80.7 cm³/mol. The number of nitrogens with one attached hydrogen (secondary N) is 1. The van der Waals surface area contributed by atoms with Crippen molar-refractivity contribution >= 4 is 17.5 Å². The van der Waals surface area contributed by atoms with Crippen molar-refractivity contribution in [2.45, 2.75) is 26.4 Å². The molecule has 0 radical (unpaired) electrons. The molecule has 1 heterocycles. The van der Waals surface area contributed by atoms with Gasteiger partial charge < -0.3 is 9.15 Å². The molecule has 1 amide bonds. The summed E-state index contributed by atoms with van der Waals surface area (Å²) in [6, 6.07) is 6.19. The van der Waals surface area contributed by atoms with Crippen LogP contribution in [-0.4, -0.2) is 16.6 Å². The zero-order chi connectivity index (χ0) is 16.3. The Morgan fingerprint density at radius 2 is 2.00 bits per heavy atom. The van der Waals surface area contributed by atoms with Crippen LogP contribution in [0.5, 0.6) is 0 Å². The maximum atomic E-state index is 11.7. The molecule has 22 heavy (non-hydrogen) atoms. The van der Waals surface area contributed by atoms with Crippen molar-refractivity contribution in [2.75, 3.05) is 5.32 Å². The second-order valence-corrected chi connectivity index (χ2v) is 5.63. The number of hydrogen-bond donors (Lipinski definition) is 1. The van der Waals surface area contributed by atoms with Crippen molar-refractivity contribution in [3.63, 3.8) is 0 Å². The van der Waals surface area contributed by atoms with Gasteiger partial charge in [-0.1, -0.05) is 6.07 Å². The number of benzene rings is 1. The van der Waals surface area contributed by atoms with E-state index in [2.05, 4.69) is 5.32 Å². The van der Waals surface area contributed by atoms with Crippen molar-refractivity contribution < 1.29 is 18.9 Å². The van der Waals surface area contributed by atoms with E-state index in [1.165, 1.54) is 24.7 Å². The molecule has 2 rings (SSSR count). The van der Waals surface area contributed by atoms with Crippen LogP contribution < -0.4 is 5.32 Å². The highest BCUT2D eigenvalue weighted by atomic mass is 16.6. The lowest BCUT2D eigenvalue weighted by Crippen LogP contribution is -2.27. The van der Waals surface area contributed by atoms with Crippen LogP contribution in [-0.2, 0) is 4.74 Å². The van der Waals surface area contributed by atoms with Crippen molar-refractivity contribution in [1.29, 1.82) is 0 Å². The molecule has 0 unspecified atom stereocenters. The van der Waals surface area contributed by atoms with Gasteiger partial charge >= 0.3 is 6.09 Å². The predicted octanol–water partition coefficient (Wildman–Crippen LogP) is 4.20. The Morgan fingerprint density at radius 3 is 2.55 bits per heavy atom. The summed E-state index contributed by atoms with van der Waals surface area (Å²) in [5.74, 6) is 0. The average Bonchev–Trinajstić information content (AvgIpc) is 2.90. The first-order chi connectivity index (χ1) is 10.3. The minimum atomic E-state index is -0.744. The zero-order valence-electron chi connectivity index (χ0n) is 12.5. The van der Waals surface area contributed by atoms with Crippen LogP contribution in [0.2, 0.25) is 0 Å². The number of nitro groups is 1. The van der Waals surface area contributed by atoms with Crippen LogP contribution in [0.15, 0.2) is 41.2 Å². The summed E-state index contributed by atoms with van der Waals surface area (Å²) in [7, 11) is 0. The molecule has 0 saturated heterocycles. The quantitative estimate of drug-likeness (QED) is 0.677. The molecule has 0 aliphatic heterocycles. The number of ether oxygens (including phenoxy) is 1. The zero-order valence-corrected chi connectivity index (χ0v) is 12.5. The molecule has 0 bridgehead atoms. The van der Waals surface area contributed by atoms with Gasteiger partial charge in [-0.2, -0.15) is 0 Å². The van der Waals surface area contributed by atoms with Crippen LogP contribution in [0.3, 0.4) is 0 Å². The summed E-state index contributed by atoms with van der Waals surface area (Å²) >= 11 is 0. The monoisotopic (exact) mass is 304 g/mol.